The number of ketones is 1. The minimum atomic E-state index is -0.836. The molecule has 1 saturated heterocycles. The van der Waals surface area contributed by atoms with E-state index in [0.29, 0.717) is 30.0 Å². The minimum absolute atomic E-state index is 0.0465. The van der Waals surface area contributed by atoms with Crippen LogP contribution in [0.4, 0.5) is 0 Å². The van der Waals surface area contributed by atoms with Gasteiger partial charge in [-0.3, -0.25) is 9.59 Å². The lowest BCUT2D eigenvalue weighted by atomic mass is 9.94. The highest BCUT2D eigenvalue weighted by Crippen LogP contribution is 2.40. The van der Waals surface area contributed by atoms with Crippen LogP contribution in [-0.2, 0) is 14.3 Å². The van der Waals surface area contributed by atoms with Crippen LogP contribution in [0, 0.1) is 0 Å². The number of likely N-dealkylation sites (tertiary alicyclic amines) is 1. The number of carbonyl (C=O) groups is 3. The number of nitrogens with zero attached hydrogens (tertiary/aromatic N) is 2. The Kier molecular flexibility index (Phi) is 7.96. The highest BCUT2D eigenvalue weighted by atomic mass is 35.5. The number of Topliss-reactive ketones (excluding diaryl/α,β-unsaturated/α-hetero) is 1. The predicted octanol–water partition coefficient (Wildman–Crippen LogP) is 3.51. The fraction of sp³-hybridized carbons (Fsp3) is 0.320. The maximum Gasteiger partial charge on any atom is 0.337 e. The number of aliphatic hydroxyl groups excluding tert-OH is 1. The molecule has 8 nitrogen and oxygen atoms in total. The number of hydrogen-bond donors (Lipinski definition) is 1. The Morgan fingerprint density at radius 1 is 1.12 bits per heavy atom. The summed E-state index contributed by atoms with van der Waals surface area (Å²) in [5.74, 6) is -1.89. The smallest absolute Gasteiger partial charge is 0.337 e. The summed E-state index contributed by atoms with van der Waals surface area (Å²) in [6.45, 7) is 3.02. The molecular formula is C25H27ClN2O6. The van der Waals surface area contributed by atoms with Crippen LogP contribution in [0.5, 0.6) is 5.75 Å². The van der Waals surface area contributed by atoms with E-state index in [0.717, 1.165) is 0 Å². The van der Waals surface area contributed by atoms with Crippen molar-refractivity contribution in [1.82, 2.24) is 9.80 Å². The van der Waals surface area contributed by atoms with Gasteiger partial charge in [0.2, 0.25) is 0 Å². The highest BCUT2D eigenvalue weighted by molar-refractivity contribution is 6.46. The van der Waals surface area contributed by atoms with Crippen molar-refractivity contribution < 1.29 is 29.0 Å². The zero-order chi connectivity index (χ0) is 25.0. The van der Waals surface area contributed by atoms with Crippen molar-refractivity contribution in [3.05, 3.63) is 69.8 Å². The van der Waals surface area contributed by atoms with Crippen molar-refractivity contribution in [2.24, 2.45) is 0 Å². The second-order valence-electron chi connectivity index (χ2n) is 7.99. The number of likely N-dealkylation sites (N-methyl/N-ethyl adjacent to an activating group) is 1. The number of methoxy groups -OCH3 is 1. The van der Waals surface area contributed by atoms with E-state index in [4.69, 9.17) is 21.1 Å². The number of esters is 1. The number of hydrogen-bond acceptors (Lipinski definition) is 7. The second kappa shape index (κ2) is 10.7. The monoisotopic (exact) mass is 486 g/mol. The molecule has 0 aromatic heterocycles. The van der Waals surface area contributed by atoms with Gasteiger partial charge in [0.1, 0.15) is 11.5 Å². The number of carbonyl (C=O) groups excluding carboxylic acids is 3. The molecule has 1 aliphatic heterocycles. The number of halogens is 1. The van der Waals surface area contributed by atoms with Crippen LogP contribution in [0.1, 0.15) is 34.5 Å². The van der Waals surface area contributed by atoms with E-state index in [1.54, 1.807) is 36.4 Å². The summed E-state index contributed by atoms with van der Waals surface area (Å²) >= 11 is 6.28. The molecule has 9 heteroatoms. The Bertz CT molecular complexity index is 1130. The normalized spacial score (nSPS) is 17.4. The minimum Gasteiger partial charge on any atom is -0.507 e. The van der Waals surface area contributed by atoms with Crippen LogP contribution in [0.15, 0.2) is 48.0 Å². The largest absolute Gasteiger partial charge is 0.507 e. The summed E-state index contributed by atoms with van der Waals surface area (Å²) in [5, 5.41) is 11.4. The van der Waals surface area contributed by atoms with Crippen molar-refractivity contribution in [2.45, 2.75) is 13.0 Å². The fourth-order valence-corrected chi connectivity index (χ4v) is 4.00. The summed E-state index contributed by atoms with van der Waals surface area (Å²) in [4.78, 5) is 41.2. The van der Waals surface area contributed by atoms with E-state index in [1.165, 1.54) is 18.1 Å². The van der Waals surface area contributed by atoms with Crippen molar-refractivity contribution in [3.8, 4) is 5.75 Å². The first-order chi connectivity index (χ1) is 16.2. The number of aliphatic hydroxyl groups is 1. The summed E-state index contributed by atoms with van der Waals surface area (Å²) < 4.78 is 10.2. The summed E-state index contributed by atoms with van der Waals surface area (Å²) in [5.41, 5.74) is 1.14. The van der Waals surface area contributed by atoms with E-state index < -0.39 is 23.7 Å². The quantitative estimate of drug-likeness (QED) is 0.264. The van der Waals surface area contributed by atoms with Crippen molar-refractivity contribution >= 4 is 35.0 Å². The first kappa shape index (κ1) is 25.3. The van der Waals surface area contributed by atoms with Gasteiger partial charge in [-0.2, -0.15) is 0 Å². The highest BCUT2D eigenvalue weighted by Gasteiger charge is 2.46. The molecule has 1 amide bonds. The molecule has 0 aliphatic carbocycles. The van der Waals surface area contributed by atoms with Crippen molar-refractivity contribution in [2.75, 3.05) is 40.9 Å². The van der Waals surface area contributed by atoms with Crippen molar-refractivity contribution in [1.29, 1.82) is 0 Å². The first-order valence-electron chi connectivity index (χ1n) is 10.7. The molecule has 1 unspecified atom stereocenters. The number of ether oxygens (including phenoxy) is 2. The van der Waals surface area contributed by atoms with E-state index in [-0.39, 0.29) is 28.5 Å². The summed E-state index contributed by atoms with van der Waals surface area (Å²) in [6.07, 6.45) is 0. The van der Waals surface area contributed by atoms with E-state index in [1.807, 2.05) is 25.9 Å². The maximum atomic E-state index is 13.1. The second-order valence-corrected chi connectivity index (χ2v) is 8.39. The molecule has 1 heterocycles. The topological polar surface area (TPSA) is 96.4 Å². The lowest BCUT2D eigenvalue weighted by Crippen LogP contribution is -2.35. The van der Waals surface area contributed by atoms with Gasteiger partial charge in [0.05, 0.1) is 35.9 Å². The molecule has 34 heavy (non-hydrogen) atoms. The van der Waals surface area contributed by atoms with Gasteiger partial charge >= 0.3 is 5.97 Å². The molecule has 1 atom stereocenters. The Morgan fingerprint density at radius 3 is 2.32 bits per heavy atom. The molecule has 2 aromatic carbocycles. The Hall–Kier alpha value is -3.36. The van der Waals surface area contributed by atoms with Gasteiger partial charge in [-0.05, 0) is 56.9 Å². The third-order valence-corrected chi connectivity index (χ3v) is 5.78. The van der Waals surface area contributed by atoms with E-state index in [9.17, 15) is 19.5 Å². The third kappa shape index (κ3) is 5.08. The lowest BCUT2D eigenvalue weighted by Gasteiger charge is -2.26. The van der Waals surface area contributed by atoms with Crippen LogP contribution in [-0.4, -0.2) is 73.5 Å². The number of amides is 1. The number of benzene rings is 2. The molecule has 0 saturated carbocycles. The molecule has 2 aromatic rings. The molecule has 1 N–H and O–H groups in total. The van der Waals surface area contributed by atoms with Crippen LogP contribution in [0.3, 0.4) is 0 Å². The third-order valence-electron chi connectivity index (χ3n) is 5.48. The Balaban J connectivity index is 2.12. The van der Waals surface area contributed by atoms with E-state index in [2.05, 4.69) is 0 Å². The molecule has 1 fully saturated rings. The van der Waals surface area contributed by atoms with Crippen LogP contribution >= 0.6 is 11.6 Å². The molecule has 0 spiro atoms. The lowest BCUT2D eigenvalue weighted by molar-refractivity contribution is -0.140. The van der Waals surface area contributed by atoms with Crippen LogP contribution < -0.4 is 4.74 Å². The maximum absolute atomic E-state index is 13.1. The molecule has 3 rings (SSSR count). The molecular weight excluding hydrogens is 460 g/mol. The number of rotatable bonds is 8. The van der Waals surface area contributed by atoms with Gasteiger partial charge in [0.15, 0.2) is 0 Å². The van der Waals surface area contributed by atoms with Crippen LogP contribution in [0.25, 0.3) is 5.76 Å². The van der Waals surface area contributed by atoms with Gasteiger partial charge in [0, 0.05) is 18.7 Å². The zero-order valence-corrected chi connectivity index (χ0v) is 20.3. The summed E-state index contributed by atoms with van der Waals surface area (Å²) in [7, 11) is 5.01. The van der Waals surface area contributed by atoms with Gasteiger partial charge < -0.3 is 24.4 Å². The summed E-state index contributed by atoms with van der Waals surface area (Å²) in [6, 6.07) is 10.2. The standard InChI is InChI=1S/C25H27ClN2O6/c1-5-34-19-11-10-17(14-18(19)26)22(29)20-21(15-6-8-16(9-7-15)25(32)33-4)28(13-12-27(2)3)24(31)23(20)30/h6-11,14,21,29H,5,12-13H2,1-4H3/b22-20+. The molecule has 1 aliphatic rings. The zero-order valence-electron chi connectivity index (χ0n) is 19.5. The fourth-order valence-electron chi connectivity index (χ4n) is 3.76. The molecule has 0 bridgehead atoms. The van der Waals surface area contributed by atoms with E-state index >= 15 is 0 Å². The predicted molar refractivity (Wildman–Crippen MR) is 128 cm³/mol. The van der Waals surface area contributed by atoms with Gasteiger partial charge in [-0.1, -0.05) is 23.7 Å². The average Bonchev–Trinajstić information content (AvgIpc) is 3.08. The molecule has 0 radical (unpaired) electrons. The molecule has 180 valence electrons. The van der Waals surface area contributed by atoms with Gasteiger partial charge in [-0.25, -0.2) is 4.79 Å². The van der Waals surface area contributed by atoms with Crippen LogP contribution in [0.2, 0.25) is 5.02 Å². The Morgan fingerprint density at radius 2 is 1.76 bits per heavy atom. The first-order valence-corrected chi connectivity index (χ1v) is 11.1. The van der Waals surface area contributed by atoms with Gasteiger partial charge in [-0.15, -0.1) is 0 Å². The SMILES string of the molecule is CCOc1ccc(/C(O)=C2\C(=O)C(=O)N(CCN(C)C)C2c2ccc(C(=O)OC)cc2)cc1Cl. The Labute approximate surface area is 203 Å². The average molecular weight is 487 g/mol. The van der Waals surface area contributed by atoms with Crippen molar-refractivity contribution in [3.63, 3.8) is 0 Å². The van der Waals surface area contributed by atoms with Gasteiger partial charge in [0.25, 0.3) is 11.7 Å².